The second-order valence-corrected chi connectivity index (χ2v) is 9.87. The van der Waals surface area contributed by atoms with Crippen molar-refractivity contribution in [3.05, 3.63) is 76.5 Å². The van der Waals surface area contributed by atoms with Crippen LogP contribution in [0.15, 0.2) is 48.7 Å². The third-order valence-corrected chi connectivity index (χ3v) is 7.14. The van der Waals surface area contributed by atoms with Crippen molar-refractivity contribution in [2.75, 3.05) is 18.9 Å². The Labute approximate surface area is 209 Å². The Morgan fingerprint density at radius 2 is 2.00 bits per heavy atom. The number of aryl methyl sites for hydroxylation is 1. The number of carbonyl (C=O) groups excluding carboxylic acids is 1. The van der Waals surface area contributed by atoms with E-state index < -0.39 is 11.8 Å². The minimum absolute atomic E-state index is 0.0675. The highest BCUT2D eigenvalue weighted by atomic mass is 19.3. The molecular formula is C27H31F2N5O2. The number of nitrogens with two attached hydrogens (primary N) is 1. The van der Waals surface area contributed by atoms with E-state index in [0.29, 0.717) is 17.1 Å². The molecule has 2 atom stereocenters. The van der Waals surface area contributed by atoms with E-state index in [0.717, 1.165) is 31.6 Å². The average molecular weight is 496 g/mol. The maximum absolute atomic E-state index is 13.1. The van der Waals surface area contributed by atoms with E-state index in [-0.39, 0.29) is 25.0 Å². The Morgan fingerprint density at radius 1 is 1.25 bits per heavy atom. The van der Waals surface area contributed by atoms with Gasteiger partial charge in [0, 0.05) is 33.1 Å². The zero-order chi connectivity index (χ0) is 25.4. The highest BCUT2D eigenvalue weighted by molar-refractivity contribution is 5.98. The van der Waals surface area contributed by atoms with Gasteiger partial charge in [-0.05, 0) is 47.7 Å². The molecule has 1 aliphatic carbocycles. The zero-order valence-electron chi connectivity index (χ0n) is 20.5. The lowest BCUT2D eigenvalue weighted by Crippen LogP contribution is -2.30. The van der Waals surface area contributed by atoms with Gasteiger partial charge >= 0.3 is 0 Å². The summed E-state index contributed by atoms with van der Waals surface area (Å²) in [6.45, 7) is 4.58. The molecule has 0 radical (unpaired) electrons. The highest BCUT2D eigenvalue weighted by Crippen LogP contribution is 2.48. The molecule has 0 saturated heterocycles. The Hall–Kier alpha value is -3.46. The maximum atomic E-state index is 13.1. The predicted molar refractivity (Wildman–Crippen MR) is 133 cm³/mol. The predicted octanol–water partition coefficient (Wildman–Crippen LogP) is 4.09. The van der Waals surface area contributed by atoms with Crippen molar-refractivity contribution in [1.29, 1.82) is 0 Å². The first kappa shape index (κ1) is 24.2. The summed E-state index contributed by atoms with van der Waals surface area (Å²) in [7, 11) is 1.70. The lowest BCUT2D eigenvalue weighted by Gasteiger charge is -2.29. The molecule has 9 heteroatoms. The molecule has 5 rings (SSSR count). The third kappa shape index (κ3) is 5.21. The molecule has 1 saturated carbocycles. The number of hydrogen-bond donors (Lipinski definition) is 2. The first-order valence-electron chi connectivity index (χ1n) is 12.2. The number of benzene rings is 2. The van der Waals surface area contributed by atoms with Crippen molar-refractivity contribution in [2.24, 2.45) is 13.0 Å². The average Bonchev–Trinajstić information content (AvgIpc) is 3.34. The number of nitrogens with one attached hydrogen (secondary N) is 1. The number of anilines is 1. The molecule has 7 nitrogen and oxygen atoms in total. The van der Waals surface area contributed by atoms with Crippen LogP contribution in [0.4, 0.5) is 14.6 Å². The molecule has 1 aromatic heterocycles. The Balaban J connectivity index is 1.13. The summed E-state index contributed by atoms with van der Waals surface area (Å²) in [5.41, 5.74) is 10.9. The number of nitrogens with zero attached hydrogens (tertiary/aromatic N) is 3. The summed E-state index contributed by atoms with van der Waals surface area (Å²) in [6.07, 6.45) is 2.30. The van der Waals surface area contributed by atoms with E-state index in [1.165, 1.54) is 27.6 Å². The lowest BCUT2D eigenvalue weighted by molar-refractivity contribution is 0.0855. The number of carbonyl (C=O) groups is 1. The summed E-state index contributed by atoms with van der Waals surface area (Å²) in [5.74, 6) is -2.43. The fraction of sp³-hybridized carbons (Fsp3) is 0.407. The van der Waals surface area contributed by atoms with Crippen LogP contribution in [0.2, 0.25) is 0 Å². The van der Waals surface area contributed by atoms with E-state index >= 15 is 0 Å². The number of hydrogen-bond acceptors (Lipinski definition) is 5. The third-order valence-electron chi connectivity index (χ3n) is 7.14. The molecule has 2 heterocycles. The van der Waals surface area contributed by atoms with Gasteiger partial charge in [0.2, 0.25) is 0 Å². The van der Waals surface area contributed by atoms with Crippen LogP contribution in [0.25, 0.3) is 0 Å². The number of aromatic nitrogens is 2. The molecule has 1 amide bonds. The molecular weight excluding hydrogens is 464 g/mol. The van der Waals surface area contributed by atoms with Crippen molar-refractivity contribution in [2.45, 2.75) is 44.8 Å². The number of rotatable bonds is 8. The van der Waals surface area contributed by atoms with Gasteiger partial charge < -0.3 is 15.8 Å². The van der Waals surface area contributed by atoms with Gasteiger partial charge in [-0.25, -0.2) is 8.78 Å². The molecule has 2 aromatic carbocycles. The van der Waals surface area contributed by atoms with Crippen molar-refractivity contribution < 1.29 is 18.3 Å². The zero-order valence-corrected chi connectivity index (χ0v) is 20.5. The van der Waals surface area contributed by atoms with Crippen LogP contribution in [0.5, 0.6) is 5.75 Å². The molecule has 0 bridgehead atoms. The molecule has 1 aliphatic heterocycles. The van der Waals surface area contributed by atoms with Crippen LogP contribution in [0, 0.1) is 5.92 Å². The van der Waals surface area contributed by atoms with Crippen molar-refractivity contribution in [3.8, 4) is 5.75 Å². The number of halogens is 2. The highest BCUT2D eigenvalue weighted by Gasteiger charge is 2.57. The molecule has 3 aromatic rings. The smallest absolute Gasteiger partial charge is 0.257 e. The second kappa shape index (κ2) is 9.54. The monoisotopic (exact) mass is 495 g/mol. The van der Waals surface area contributed by atoms with Gasteiger partial charge in [0.05, 0.1) is 24.8 Å². The Kier molecular flexibility index (Phi) is 6.42. The summed E-state index contributed by atoms with van der Waals surface area (Å²) in [6, 6.07) is 14.0. The lowest BCUT2D eigenvalue weighted by atomic mass is 9.98. The van der Waals surface area contributed by atoms with Crippen molar-refractivity contribution in [1.82, 2.24) is 20.0 Å². The van der Waals surface area contributed by atoms with Gasteiger partial charge in [-0.2, -0.15) is 5.10 Å². The quantitative estimate of drug-likeness (QED) is 0.492. The van der Waals surface area contributed by atoms with Gasteiger partial charge in [-0.1, -0.05) is 30.3 Å². The molecule has 2 aliphatic rings. The van der Waals surface area contributed by atoms with E-state index in [4.69, 9.17) is 10.5 Å². The summed E-state index contributed by atoms with van der Waals surface area (Å²) >= 11 is 0. The first-order valence-corrected chi connectivity index (χ1v) is 12.2. The normalized spacial score (nSPS) is 19.4. The summed E-state index contributed by atoms with van der Waals surface area (Å²) in [5, 5.41) is 6.99. The molecule has 1 fully saturated rings. The van der Waals surface area contributed by atoms with Gasteiger partial charge in [-0.15, -0.1) is 0 Å². The van der Waals surface area contributed by atoms with Crippen LogP contribution < -0.4 is 15.8 Å². The fourth-order valence-corrected chi connectivity index (χ4v) is 4.61. The van der Waals surface area contributed by atoms with Gasteiger partial charge in [0.1, 0.15) is 17.1 Å². The number of amides is 1. The standard InChI is InChI=1S/C27H31F2N5O2/c1-17(32-26(35)24-13-31-33(2)25(24)30)19-5-3-18(4-6-19)14-34-10-9-20-11-23(8-7-21(20)15-34)36-16-22-12-27(22,28)29/h3-8,11,13,17,22H,9-10,12,14-16,30H2,1-2H3,(H,32,35)/t17-,22?/m0/s1. The van der Waals surface area contributed by atoms with E-state index in [1.54, 1.807) is 7.05 Å². The summed E-state index contributed by atoms with van der Waals surface area (Å²) in [4.78, 5) is 14.9. The second-order valence-electron chi connectivity index (χ2n) is 9.87. The molecule has 3 N–H and O–H groups in total. The molecule has 190 valence electrons. The minimum Gasteiger partial charge on any atom is -0.493 e. The summed E-state index contributed by atoms with van der Waals surface area (Å²) < 4.78 is 33.2. The van der Waals surface area contributed by atoms with E-state index in [9.17, 15) is 13.6 Å². The topological polar surface area (TPSA) is 85.4 Å². The molecule has 1 unspecified atom stereocenters. The number of nitrogen functional groups attached to an aromatic ring is 1. The molecule has 36 heavy (non-hydrogen) atoms. The SMILES string of the molecule is C[C@H](NC(=O)c1cnn(C)c1N)c1ccc(CN2CCc3cc(OCC4CC4(F)F)ccc3C2)cc1. The number of fused-ring (bicyclic) bond motifs is 1. The Bertz CT molecular complexity index is 1260. The van der Waals surface area contributed by atoms with Crippen molar-refractivity contribution >= 4 is 11.7 Å². The first-order chi connectivity index (χ1) is 17.2. The van der Waals surface area contributed by atoms with Gasteiger partial charge in [0.25, 0.3) is 11.8 Å². The van der Waals surface area contributed by atoms with Crippen LogP contribution >= 0.6 is 0 Å². The van der Waals surface area contributed by atoms with E-state index in [2.05, 4.69) is 27.4 Å². The maximum Gasteiger partial charge on any atom is 0.257 e. The van der Waals surface area contributed by atoms with Gasteiger partial charge in [-0.3, -0.25) is 14.4 Å². The number of alkyl halides is 2. The number of ether oxygens (including phenoxy) is 1. The van der Waals surface area contributed by atoms with Crippen LogP contribution in [0.1, 0.15) is 52.0 Å². The fourth-order valence-electron chi connectivity index (χ4n) is 4.61. The van der Waals surface area contributed by atoms with Crippen LogP contribution in [-0.4, -0.2) is 39.7 Å². The minimum atomic E-state index is -2.55. The molecule has 0 spiro atoms. The van der Waals surface area contributed by atoms with Gasteiger partial charge in [0.15, 0.2) is 0 Å². The van der Waals surface area contributed by atoms with E-state index in [1.807, 2.05) is 37.3 Å². The largest absolute Gasteiger partial charge is 0.493 e. The van der Waals surface area contributed by atoms with Crippen LogP contribution in [-0.2, 0) is 26.6 Å². The van der Waals surface area contributed by atoms with Crippen LogP contribution in [0.3, 0.4) is 0 Å². The van der Waals surface area contributed by atoms with Crippen molar-refractivity contribution in [3.63, 3.8) is 0 Å². The Morgan fingerprint density at radius 3 is 2.67 bits per heavy atom.